The molecule has 0 aliphatic heterocycles. The van der Waals surface area contributed by atoms with E-state index in [2.05, 4.69) is 10.1 Å². The Hall–Kier alpha value is -2.78. The van der Waals surface area contributed by atoms with Crippen molar-refractivity contribution in [3.05, 3.63) is 40.9 Å². The quantitative estimate of drug-likeness (QED) is 0.668. The van der Waals surface area contributed by atoms with Gasteiger partial charge in [-0.15, -0.1) is 0 Å². The molecule has 0 saturated carbocycles. The molecule has 0 amide bonds. The maximum Gasteiger partial charge on any atom is 0.336 e. The molecule has 0 fully saturated rings. The van der Waals surface area contributed by atoms with Crippen molar-refractivity contribution in [1.29, 1.82) is 5.26 Å². The molecule has 2 aromatic rings. The normalized spacial score (nSPS) is 11.4. The maximum absolute atomic E-state index is 11.6. The summed E-state index contributed by atoms with van der Waals surface area (Å²) >= 11 is 5.83. The number of carbonyl (C=O) groups is 2. The molecule has 118 valence electrons. The second-order valence-electron chi connectivity index (χ2n) is 4.68. The third-order valence-corrected chi connectivity index (χ3v) is 3.35. The molecule has 6 nitrogen and oxygen atoms in total. The van der Waals surface area contributed by atoms with Crippen LogP contribution in [-0.4, -0.2) is 24.9 Å². The molecule has 0 radical (unpaired) electrons. The van der Waals surface area contributed by atoms with Crippen LogP contribution < -0.4 is 5.32 Å². The zero-order valence-corrected chi connectivity index (χ0v) is 13.2. The number of methoxy groups -OCH3 is 1. The Kier molecular flexibility index (Phi) is 5.04. The standard InChI is InChI=1S/C16H13ClN2O4/c1-9(20)14(16(21)22-2)19-15-11(8-18)7-13(23-15)10-3-5-12(17)6-4-10/h3-7,14,19H,1-2H3. The number of rotatable bonds is 5. The van der Waals surface area contributed by atoms with Gasteiger partial charge in [-0.05, 0) is 31.2 Å². The van der Waals surface area contributed by atoms with Gasteiger partial charge in [-0.1, -0.05) is 11.6 Å². The fraction of sp³-hybridized carbons (Fsp3) is 0.188. The number of anilines is 1. The summed E-state index contributed by atoms with van der Waals surface area (Å²) in [6, 6.07) is 9.06. The van der Waals surface area contributed by atoms with E-state index in [9.17, 15) is 14.9 Å². The lowest BCUT2D eigenvalue weighted by atomic mass is 10.1. The van der Waals surface area contributed by atoms with E-state index in [1.165, 1.54) is 20.1 Å². The van der Waals surface area contributed by atoms with Crippen LogP contribution in [-0.2, 0) is 14.3 Å². The topological polar surface area (TPSA) is 92.3 Å². The summed E-state index contributed by atoms with van der Waals surface area (Å²) in [5.74, 6) is -0.771. The molecule has 0 saturated heterocycles. The van der Waals surface area contributed by atoms with Gasteiger partial charge in [-0.2, -0.15) is 5.26 Å². The third kappa shape index (κ3) is 3.71. The summed E-state index contributed by atoms with van der Waals surface area (Å²) in [4.78, 5) is 23.2. The second kappa shape index (κ2) is 6.99. The van der Waals surface area contributed by atoms with Gasteiger partial charge in [-0.25, -0.2) is 4.79 Å². The Morgan fingerprint density at radius 2 is 2.00 bits per heavy atom. The highest BCUT2D eigenvalue weighted by Gasteiger charge is 2.26. The summed E-state index contributed by atoms with van der Waals surface area (Å²) in [7, 11) is 1.17. The predicted octanol–water partition coefficient (Wildman–Crippen LogP) is 3.01. The minimum Gasteiger partial charge on any atom is -0.467 e. The number of furan rings is 1. The van der Waals surface area contributed by atoms with Gasteiger partial charge in [0.05, 0.1) is 7.11 Å². The van der Waals surface area contributed by atoms with E-state index in [0.29, 0.717) is 16.3 Å². The lowest BCUT2D eigenvalue weighted by Gasteiger charge is -2.12. The second-order valence-corrected chi connectivity index (χ2v) is 5.12. The lowest BCUT2D eigenvalue weighted by molar-refractivity contribution is -0.144. The van der Waals surface area contributed by atoms with Crippen molar-refractivity contribution >= 4 is 29.2 Å². The Morgan fingerprint density at radius 1 is 1.35 bits per heavy atom. The lowest BCUT2D eigenvalue weighted by Crippen LogP contribution is -2.37. The number of carbonyl (C=O) groups excluding carboxylic acids is 2. The molecule has 0 aliphatic carbocycles. The number of nitrogens with one attached hydrogen (secondary N) is 1. The molecule has 1 atom stereocenters. The SMILES string of the molecule is COC(=O)C(Nc1oc(-c2ccc(Cl)cc2)cc1C#N)C(C)=O. The van der Waals surface area contributed by atoms with Crippen molar-refractivity contribution in [2.45, 2.75) is 13.0 Å². The fourth-order valence-corrected chi connectivity index (χ4v) is 2.04. The van der Waals surface area contributed by atoms with Gasteiger partial charge in [0.2, 0.25) is 5.88 Å². The molecule has 1 N–H and O–H groups in total. The number of halogens is 1. The summed E-state index contributed by atoms with van der Waals surface area (Å²) < 4.78 is 10.1. The number of nitrogens with zero attached hydrogens (tertiary/aromatic N) is 1. The van der Waals surface area contributed by atoms with E-state index >= 15 is 0 Å². The number of hydrogen-bond acceptors (Lipinski definition) is 6. The minimum atomic E-state index is -1.24. The van der Waals surface area contributed by atoms with Crippen molar-refractivity contribution in [2.24, 2.45) is 0 Å². The zero-order chi connectivity index (χ0) is 17.0. The van der Waals surface area contributed by atoms with Gasteiger partial charge in [-0.3, -0.25) is 4.79 Å². The molecular formula is C16H13ClN2O4. The Morgan fingerprint density at radius 3 is 2.52 bits per heavy atom. The van der Waals surface area contributed by atoms with Gasteiger partial charge < -0.3 is 14.5 Å². The largest absolute Gasteiger partial charge is 0.467 e. The number of nitriles is 1. The first-order valence-corrected chi connectivity index (χ1v) is 6.98. The molecule has 1 heterocycles. The van der Waals surface area contributed by atoms with Gasteiger partial charge in [0.15, 0.2) is 11.8 Å². The smallest absolute Gasteiger partial charge is 0.336 e. The maximum atomic E-state index is 11.6. The van der Waals surface area contributed by atoms with E-state index in [4.69, 9.17) is 16.0 Å². The minimum absolute atomic E-state index is 0.0306. The average molecular weight is 333 g/mol. The van der Waals surface area contributed by atoms with Gasteiger partial charge in [0.25, 0.3) is 0 Å². The first-order valence-electron chi connectivity index (χ1n) is 6.61. The molecule has 0 spiro atoms. The van der Waals surface area contributed by atoms with E-state index in [1.54, 1.807) is 24.3 Å². The molecule has 23 heavy (non-hydrogen) atoms. The monoisotopic (exact) mass is 332 g/mol. The van der Waals surface area contributed by atoms with E-state index in [0.717, 1.165) is 0 Å². The Balaban J connectivity index is 2.36. The van der Waals surface area contributed by atoms with Crippen LogP contribution in [0.1, 0.15) is 12.5 Å². The first-order chi connectivity index (χ1) is 11.0. The van der Waals surface area contributed by atoms with Crippen LogP contribution in [0.5, 0.6) is 0 Å². The van der Waals surface area contributed by atoms with Crippen LogP contribution in [0.2, 0.25) is 5.02 Å². The van der Waals surface area contributed by atoms with Crippen LogP contribution in [0, 0.1) is 11.3 Å². The highest BCUT2D eigenvalue weighted by Crippen LogP contribution is 2.30. The van der Waals surface area contributed by atoms with Crippen molar-refractivity contribution in [1.82, 2.24) is 0 Å². The van der Waals surface area contributed by atoms with Crippen LogP contribution >= 0.6 is 11.6 Å². The predicted molar refractivity (Wildman–Crippen MR) is 84.0 cm³/mol. The average Bonchev–Trinajstić information content (AvgIpc) is 2.95. The highest BCUT2D eigenvalue weighted by atomic mass is 35.5. The van der Waals surface area contributed by atoms with Crippen molar-refractivity contribution in [2.75, 3.05) is 12.4 Å². The molecule has 0 aliphatic rings. The van der Waals surface area contributed by atoms with Crippen molar-refractivity contribution in [3.63, 3.8) is 0 Å². The van der Waals surface area contributed by atoms with Crippen molar-refractivity contribution in [3.8, 4) is 17.4 Å². The van der Waals surface area contributed by atoms with Gasteiger partial charge in [0.1, 0.15) is 17.4 Å². The van der Waals surface area contributed by atoms with Crippen LogP contribution in [0.25, 0.3) is 11.3 Å². The summed E-state index contributed by atoms with van der Waals surface area (Å²) in [6.07, 6.45) is 0. The van der Waals surface area contributed by atoms with Crippen LogP contribution in [0.3, 0.4) is 0 Å². The number of hydrogen-bond donors (Lipinski definition) is 1. The molecular weight excluding hydrogens is 320 g/mol. The number of esters is 1. The van der Waals surface area contributed by atoms with Crippen LogP contribution in [0.4, 0.5) is 5.88 Å². The van der Waals surface area contributed by atoms with E-state index in [1.807, 2.05) is 6.07 Å². The van der Waals surface area contributed by atoms with Gasteiger partial charge >= 0.3 is 5.97 Å². The number of ketones is 1. The summed E-state index contributed by atoms with van der Waals surface area (Å²) in [5.41, 5.74) is 0.876. The van der Waals surface area contributed by atoms with E-state index < -0.39 is 17.8 Å². The van der Waals surface area contributed by atoms with E-state index in [-0.39, 0.29) is 11.4 Å². The summed E-state index contributed by atoms with van der Waals surface area (Å²) in [5, 5.41) is 12.4. The molecule has 1 aromatic carbocycles. The number of ether oxygens (including phenoxy) is 1. The third-order valence-electron chi connectivity index (χ3n) is 3.10. The Labute approximate surface area is 137 Å². The van der Waals surface area contributed by atoms with Crippen LogP contribution in [0.15, 0.2) is 34.7 Å². The molecule has 7 heteroatoms. The molecule has 0 bridgehead atoms. The first kappa shape index (κ1) is 16.6. The van der Waals surface area contributed by atoms with Crippen molar-refractivity contribution < 1.29 is 18.7 Å². The molecule has 2 rings (SSSR count). The Bertz CT molecular complexity index is 774. The zero-order valence-electron chi connectivity index (χ0n) is 12.4. The molecule has 1 aromatic heterocycles. The van der Waals surface area contributed by atoms with Gasteiger partial charge in [0, 0.05) is 16.7 Å². The highest BCUT2D eigenvalue weighted by molar-refractivity contribution is 6.30. The summed E-state index contributed by atoms with van der Waals surface area (Å²) in [6.45, 7) is 1.24. The fourth-order valence-electron chi connectivity index (χ4n) is 1.91. The number of Topliss-reactive ketones (excluding diaryl/α,β-unsaturated/α-hetero) is 1. The number of benzene rings is 1. The molecule has 1 unspecified atom stereocenters.